The molecule has 6 nitrogen and oxygen atoms in total. The maximum atomic E-state index is 5.57. The minimum absolute atomic E-state index is 0. The van der Waals surface area contributed by atoms with Crippen molar-refractivity contribution in [3.05, 3.63) is 53.5 Å². The number of rotatable bonds is 11. The van der Waals surface area contributed by atoms with E-state index in [2.05, 4.69) is 47.7 Å². The normalized spacial score (nSPS) is 11.0. The summed E-state index contributed by atoms with van der Waals surface area (Å²) in [6.45, 7) is 7.64. The Hall–Kier alpha value is -1.74. The number of ether oxygens (including phenoxy) is 2. The van der Waals surface area contributed by atoms with Crippen molar-refractivity contribution in [3.63, 3.8) is 0 Å². The first kappa shape index (κ1) is 24.3. The van der Waals surface area contributed by atoms with Crippen LogP contribution >= 0.6 is 24.0 Å². The van der Waals surface area contributed by atoms with Crippen LogP contribution in [0.3, 0.4) is 0 Å². The Bertz CT molecular complexity index is 690. The summed E-state index contributed by atoms with van der Waals surface area (Å²) in [5, 5.41) is 6.65. The minimum Gasteiger partial charge on any atom is -0.496 e. The molecule has 28 heavy (non-hydrogen) atoms. The van der Waals surface area contributed by atoms with Gasteiger partial charge in [0.15, 0.2) is 5.96 Å². The fraction of sp³-hybridized carbons (Fsp3) is 0.476. The van der Waals surface area contributed by atoms with Crippen LogP contribution in [0.25, 0.3) is 0 Å². The van der Waals surface area contributed by atoms with Crippen molar-refractivity contribution in [1.82, 2.24) is 10.6 Å². The number of benzene rings is 1. The van der Waals surface area contributed by atoms with Crippen molar-refractivity contribution in [2.75, 3.05) is 33.4 Å². The van der Waals surface area contributed by atoms with Gasteiger partial charge < -0.3 is 24.5 Å². The maximum absolute atomic E-state index is 5.57. The third-order valence-electron chi connectivity index (χ3n) is 4.06. The van der Waals surface area contributed by atoms with Crippen molar-refractivity contribution in [2.24, 2.45) is 4.99 Å². The second-order valence-electron chi connectivity index (χ2n) is 6.23. The number of aliphatic imine (C=N–C) groups is 1. The van der Waals surface area contributed by atoms with E-state index in [1.807, 2.05) is 12.1 Å². The van der Waals surface area contributed by atoms with Gasteiger partial charge in [-0.1, -0.05) is 12.1 Å². The van der Waals surface area contributed by atoms with Crippen molar-refractivity contribution in [3.8, 4) is 5.75 Å². The van der Waals surface area contributed by atoms with Gasteiger partial charge in [-0.25, -0.2) is 0 Å². The summed E-state index contributed by atoms with van der Waals surface area (Å²) in [5.74, 6) is 2.62. The van der Waals surface area contributed by atoms with Crippen LogP contribution in [0.2, 0.25) is 0 Å². The lowest BCUT2D eigenvalue weighted by Crippen LogP contribution is -2.38. The molecule has 0 unspecified atom stereocenters. The highest BCUT2D eigenvalue weighted by Gasteiger charge is 2.02. The maximum Gasteiger partial charge on any atom is 0.191 e. The van der Waals surface area contributed by atoms with Gasteiger partial charge in [-0.3, -0.25) is 4.99 Å². The summed E-state index contributed by atoms with van der Waals surface area (Å²) >= 11 is 0. The Morgan fingerprint density at radius 3 is 2.79 bits per heavy atom. The summed E-state index contributed by atoms with van der Waals surface area (Å²) < 4.78 is 16.2. The average Bonchev–Trinajstić information content (AvgIpc) is 3.19. The van der Waals surface area contributed by atoms with E-state index in [4.69, 9.17) is 13.9 Å². The molecule has 0 atom stereocenters. The van der Waals surface area contributed by atoms with E-state index in [9.17, 15) is 0 Å². The molecule has 2 aromatic rings. The van der Waals surface area contributed by atoms with Gasteiger partial charge in [0.2, 0.25) is 0 Å². The van der Waals surface area contributed by atoms with Gasteiger partial charge in [0.25, 0.3) is 0 Å². The van der Waals surface area contributed by atoms with Gasteiger partial charge in [0.05, 0.1) is 13.4 Å². The van der Waals surface area contributed by atoms with E-state index in [0.29, 0.717) is 19.8 Å². The van der Waals surface area contributed by atoms with Gasteiger partial charge in [-0.2, -0.15) is 0 Å². The van der Waals surface area contributed by atoms with Crippen LogP contribution in [-0.2, 0) is 17.8 Å². The zero-order valence-electron chi connectivity index (χ0n) is 17.0. The zero-order valence-corrected chi connectivity index (χ0v) is 19.3. The number of methoxy groups -OCH3 is 1. The van der Waals surface area contributed by atoms with Crippen LogP contribution in [-0.4, -0.2) is 39.3 Å². The third kappa shape index (κ3) is 8.97. The first-order chi connectivity index (χ1) is 13.2. The molecule has 0 aliphatic carbocycles. The fourth-order valence-electron chi connectivity index (χ4n) is 2.61. The molecule has 7 heteroatoms. The number of nitrogens with zero attached hydrogens (tertiary/aromatic N) is 1. The molecule has 0 saturated carbocycles. The van der Waals surface area contributed by atoms with E-state index in [1.54, 1.807) is 13.4 Å². The van der Waals surface area contributed by atoms with Gasteiger partial charge in [0.1, 0.15) is 18.1 Å². The number of hydrogen-bond acceptors (Lipinski definition) is 4. The molecule has 0 bridgehead atoms. The van der Waals surface area contributed by atoms with Crippen LogP contribution in [0, 0.1) is 6.92 Å². The average molecular weight is 501 g/mol. The quantitative estimate of drug-likeness (QED) is 0.212. The molecule has 0 amide bonds. The molecule has 1 aromatic heterocycles. The predicted molar refractivity (Wildman–Crippen MR) is 124 cm³/mol. The Morgan fingerprint density at radius 2 is 2.07 bits per heavy atom. The molecular formula is C21H32IN3O3. The van der Waals surface area contributed by atoms with E-state index in [0.717, 1.165) is 49.0 Å². The van der Waals surface area contributed by atoms with Crippen LogP contribution < -0.4 is 15.4 Å². The molecule has 2 rings (SSSR count). The van der Waals surface area contributed by atoms with E-state index < -0.39 is 0 Å². The number of aryl methyl sites for hydroxylation is 1. The van der Waals surface area contributed by atoms with Gasteiger partial charge in [-0.15, -0.1) is 24.0 Å². The Balaban J connectivity index is 0.00000392. The standard InChI is InChI=1S/C21H31N3O3.HI/c1-4-22-21(23-11-6-13-26-16-19-7-5-14-27-19)24-12-10-18-9-8-17(2)20(15-18)25-3;/h5,7-9,14-15H,4,6,10-13,16H2,1-3H3,(H2,22,23,24);1H. The summed E-state index contributed by atoms with van der Waals surface area (Å²) in [5.41, 5.74) is 2.39. The van der Waals surface area contributed by atoms with E-state index in [1.165, 1.54) is 5.56 Å². The zero-order chi connectivity index (χ0) is 19.3. The molecule has 1 heterocycles. The lowest BCUT2D eigenvalue weighted by molar-refractivity contribution is 0.105. The molecule has 0 aliphatic heterocycles. The molecular weight excluding hydrogens is 469 g/mol. The topological polar surface area (TPSA) is 68.0 Å². The number of halogens is 1. The van der Waals surface area contributed by atoms with Crippen LogP contribution in [0.5, 0.6) is 5.75 Å². The largest absolute Gasteiger partial charge is 0.496 e. The molecule has 156 valence electrons. The highest BCUT2D eigenvalue weighted by Crippen LogP contribution is 2.18. The van der Waals surface area contributed by atoms with E-state index in [-0.39, 0.29) is 24.0 Å². The number of hydrogen-bond donors (Lipinski definition) is 2. The Labute approximate surface area is 185 Å². The molecule has 1 aromatic carbocycles. The monoisotopic (exact) mass is 501 g/mol. The van der Waals surface area contributed by atoms with Gasteiger partial charge >= 0.3 is 0 Å². The highest BCUT2D eigenvalue weighted by molar-refractivity contribution is 14.0. The summed E-state index contributed by atoms with van der Waals surface area (Å²) in [6.07, 6.45) is 3.43. The second kappa shape index (κ2) is 14.3. The lowest BCUT2D eigenvalue weighted by atomic mass is 10.1. The van der Waals surface area contributed by atoms with Crippen molar-refractivity contribution >= 4 is 29.9 Å². The summed E-state index contributed by atoms with van der Waals surface area (Å²) in [6, 6.07) is 10.1. The first-order valence-corrected chi connectivity index (χ1v) is 9.48. The molecule has 0 fully saturated rings. The van der Waals surface area contributed by atoms with Crippen molar-refractivity contribution < 1.29 is 13.9 Å². The highest BCUT2D eigenvalue weighted by atomic mass is 127. The number of guanidine groups is 1. The minimum atomic E-state index is 0. The fourth-order valence-corrected chi connectivity index (χ4v) is 2.61. The predicted octanol–water partition coefficient (Wildman–Crippen LogP) is 3.92. The van der Waals surface area contributed by atoms with Crippen LogP contribution in [0.15, 0.2) is 46.0 Å². The first-order valence-electron chi connectivity index (χ1n) is 9.48. The SMILES string of the molecule is CCNC(=NCCCOCc1ccco1)NCCc1ccc(C)c(OC)c1.I. The summed E-state index contributed by atoms with van der Waals surface area (Å²) in [7, 11) is 1.71. The summed E-state index contributed by atoms with van der Waals surface area (Å²) in [4.78, 5) is 4.59. The number of furan rings is 1. The molecule has 0 spiro atoms. The smallest absolute Gasteiger partial charge is 0.191 e. The number of nitrogens with one attached hydrogen (secondary N) is 2. The van der Waals surface area contributed by atoms with Crippen molar-refractivity contribution in [2.45, 2.75) is 33.3 Å². The molecule has 0 radical (unpaired) electrons. The van der Waals surface area contributed by atoms with Gasteiger partial charge in [0, 0.05) is 26.2 Å². The van der Waals surface area contributed by atoms with Crippen LogP contribution in [0.4, 0.5) is 0 Å². The van der Waals surface area contributed by atoms with Crippen molar-refractivity contribution in [1.29, 1.82) is 0 Å². The van der Waals surface area contributed by atoms with E-state index >= 15 is 0 Å². The molecule has 2 N–H and O–H groups in total. The third-order valence-corrected chi connectivity index (χ3v) is 4.06. The Kier molecular flexibility index (Phi) is 12.4. The Morgan fingerprint density at radius 1 is 1.21 bits per heavy atom. The second-order valence-corrected chi connectivity index (χ2v) is 6.23. The molecule has 0 aliphatic rings. The lowest BCUT2D eigenvalue weighted by Gasteiger charge is -2.12. The molecule has 0 saturated heterocycles. The van der Waals surface area contributed by atoms with Crippen LogP contribution in [0.1, 0.15) is 30.2 Å². The van der Waals surface area contributed by atoms with Gasteiger partial charge in [-0.05, 0) is 56.0 Å².